The van der Waals surface area contributed by atoms with E-state index in [9.17, 15) is 0 Å². The second-order valence-electron chi connectivity index (χ2n) is 4.91. The van der Waals surface area contributed by atoms with Crippen LogP contribution in [0.3, 0.4) is 0 Å². The van der Waals surface area contributed by atoms with E-state index in [-0.39, 0.29) is 6.04 Å². The number of likely N-dealkylation sites (N-methyl/N-ethyl adjacent to an activating group) is 1. The van der Waals surface area contributed by atoms with Gasteiger partial charge in [0.25, 0.3) is 0 Å². The highest BCUT2D eigenvalue weighted by atomic mass is 15.1. The quantitative estimate of drug-likeness (QED) is 0.892. The zero-order valence-corrected chi connectivity index (χ0v) is 11.6. The number of nitrogens with zero attached hydrogens (tertiary/aromatic N) is 2. The van der Waals surface area contributed by atoms with Crippen LogP contribution in [-0.2, 0) is 6.54 Å². The number of nitrogens with two attached hydrogens (primary N) is 1. The lowest BCUT2D eigenvalue weighted by Crippen LogP contribution is -2.30. The average Bonchev–Trinajstić information content (AvgIpc) is 2.43. The lowest BCUT2D eigenvalue weighted by molar-refractivity contribution is 0.237. The lowest BCUT2D eigenvalue weighted by atomic mass is 10.1. The summed E-state index contributed by atoms with van der Waals surface area (Å²) in [7, 11) is 2.09. The third-order valence-electron chi connectivity index (χ3n) is 3.34. The van der Waals surface area contributed by atoms with E-state index < -0.39 is 0 Å². The first-order valence-corrected chi connectivity index (χ1v) is 6.57. The molecular formula is C16H21N3. The Morgan fingerprint density at radius 1 is 1.16 bits per heavy atom. The summed E-state index contributed by atoms with van der Waals surface area (Å²) in [5.41, 5.74) is 9.51. The minimum absolute atomic E-state index is 0.155. The highest BCUT2D eigenvalue weighted by Crippen LogP contribution is 2.18. The molecule has 0 bridgehead atoms. The van der Waals surface area contributed by atoms with E-state index in [2.05, 4.69) is 48.1 Å². The number of hydrogen-bond acceptors (Lipinski definition) is 3. The Hall–Kier alpha value is -1.71. The molecule has 0 aliphatic carbocycles. The molecule has 0 amide bonds. The molecule has 3 nitrogen and oxygen atoms in total. The van der Waals surface area contributed by atoms with Gasteiger partial charge in [-0.2, -0.15) is 0 Å². The van der Waals surface area contributed by atoms with Gasteiger partial charge in [-0.15, -0.1) is 0 Å². The predicted octanol–water partition coefficient (Wildman–Crippen LogP) is 2.52. The minimum Gasteiger partial charge on any atom is -0.329 e. The minimum atomic E-state index is 0.155. The third-order valence-corrected chi connectivity index (χ3v) is 3.34. The fourth-order valence-corrected chi connectivity index (χ4v) is 2.19. The summed E-state index contributed by atoms with van der Waals surface area (Å²) < 4.78 is 0. The number of rotatable bonds is 5. The highest BCUT2D eigenvalue weighted by Gasteiger charge is 2.16. The van der Waals surface area contributed by atoms with Crippen molar-refractivity contribution in [2.24, 2.45) is 5.73 Å². The second kappa shape index (κ2) is 6.45. The second-order valence-corrected chi connectivity index (χ2v) is 4.91. The van der Waals surface area contributed by atoms with Crippen molar-refractivity contribution in [3.05, 3.63) is 65.5 Å². The fourth-order valence-electron chi connectivity index (χ4n) is 2.19. The average molecular weight is 255 g/mol. The number of aryl methyl sites for hydroxylation is 1. The van der Waals surface area contributed by atoms with Crippen molar-refractivity contribution in [3.8, 4) is 0 Å². The number of aromatic nitrogens is 1. The molecule has 2 aromatic rings. The molecule has 1 atom stereocenters. The van der Waals surface area contributed by atoms with Crippen LogP contribution in [0.5, 0.6) is 0 Å². The molecule has 0 saturated carbocycles. The van der Waals surface area contributed by atoms with E-state index in [1.807, 2.05) is 24.4 Å². The molecule has 0 radical (unpaired) electrons. The molecular weight excluding hydrogens is 234 g/mol. The van der Waals surface area contributed by atoms with Crippen molar-refractivity contribution >= 4 is 0 Å². The van der Waals surface area contributed by atoms with Crippen molar-refractivity contribution in [1.29, 1.82) is 0 Å². The van der Waals surface area contributed by atoms with Gasteiger partial charge in [-0.1, -0.05) is 35.9 Å². The lowest BCUT2D eigenvalue weighted by Gasteiger charge is -2.26. The summed E-state index contributed by atoms with van der Waals surface area (Å²) in [4.78, 5) is 6.65. The Morgan fingerprint density at radius 2 is 1.89 bits per heavy atom. The van der Waals surface area contributed by atoms with Gasteiger partial charge in [-0.05, 0) is 31.7 Å². The van der Waals surface area contributed by atoms with Crippen LogP contribution in [0.15, 0.2) is 48.7 Å². The molecule has 0 saturated heterocycles. The maximum Gasteiger partial charge on any atom is 0.0644 e. The Kier molecular flexibility index (Phi) is 4.66. The van der Waals surface area contributed by atoms with Crippen molar-refractivity contribution in [1.82, 2.24) is 9.88 Å². The van der Waals surface area contributed by atoms with Gasteiger partial charge in [0.2, 0.25) is 0 Å². The summed E-state index contributed by atoms with van der Waals surface area (Å²) in [6.07, 6.45) is 1.82. The number of benzene rings is 1. The SMILES string of the molecule is Cc1ccc(CN(C)C(CN)c2ccccn2)cc1. The molecule has 100 valence electrons. The van der Waals surface area contributed by atoms with Gasteiger partial charge < -0.3 is 5.73 Å². The highest BCUT2D eigenvalue weighted by molar-refractivity contribution is 5.21. The van der Waals surface area contributed by atoms with E-state index in [1.54, 1.807) is 0 Å². The molecule has 0 fully saturated rings. The summed E-state index contributed by atoms with van der Waals surface area (Å²) in [6, 6.07) is 14.7. The zero-order chi connectivity index (χ0) is 13.7. The van der Waals surface area contributed by atoms with E-state index in [0.29, 0.717) is 6.54 Å². The molecule has 19 heavy (non-hydrogen) atoms. The molecule has 0 spiro atoms. The molecule has 1 heterocycles. The Morgan fingerprint density at radius 3 is 2.47 bits per heavy atom. The third kappa shape index (κ3) is 3.63. The first-order chi connectivity index (χ1) is 9.20. The van der Waals surface area contributed by atoms with Crippen LogP contribution in [-0.4, -0.2) is 23.5 Å². The maximum atomic E-state index is 5.90. The molecule has 0 aliphatic rings. The number of hydrogen-bond donors (Lipinski definition) is 1. The van der Waals surface area contributed by atoms with Crippen molar-refractivity contribution in [2.45, 2.75) is 19.5 Å². The predicted molar refractivity (Wildman–Crippen MR) is 78.7 cm³/mol. The van der Waals surface area contributed by atoms with E-state index >= 15 is 0 Å². The summed E-state index contributed by atoms with van der Waals surface area (Å²) in [6.45, 7) is 3.54. The largest absolute Gasteiger partial charge is 0.329 e. The van der Waals surface area contributed by atoms with Gasteiger partial charge in [0.05, 0.1) is 11.7 Å². The zero-order valence-electron chi connectivity index (χ0n) is 11.6. The first-order valence-electron chi connectivity index (χ1n) is 6.57. The van der Waals surface area contributed by atoms with Crippen LogP contribution in [0, 0.1) is 6.92 Å². The van der Waals surface area contributed by atoms with Gasteiger partial charge in [-0.3, -0.25) is 9.88 Å². The molecule has 1 aromatic carbocycles. The van der Waals surface area contributed by atoms with Crippen molar-refractivity contribution in [3.63, 3.8) is 0 Å². The van der Waals surface area contributed by atoms with Crippen LogP contribution >= 0.6 is 0 Å². The molecule has 1 unspecified atom stereocenters. The van der Waals surface area contributed by atoms with Crippen molar-refractivity contribution in [2.75, 3.05) is 13.6 Å². The van der Waals surface area contributed by atoms with E-state index in [4.69, 9.17) is 5.73 Å². The Bertz CT molecular complexity index is 493. The van der Waals surface area contributed by atoms with Crippen LogP contribution in [0.25, 0.3) is 0 Å². The van der Waals surface area contributed by atoms with Gasteiger partial charge in [-0.25, -0.2) is 0 Å². The van der Waals surface area contributed by atoms with Gasteiger partial charge in [0.1, 0.15) is 0 Å². The van der Waals surface area contributed by atoms with Crippen LogP contribution < -0.4 is 5.73 Å². The van der Waals surface area contributed by atoms with Crippen LogP contribution in [0.1, 0.15) is 22.9 Å². The van der Waals surface area contributed by atoms with Crippen LogP contribution in [0.4, 0.5) is 0 Å². The van der Waals surface area contributed by atoms with Crippen LogP contribution in [0.2, 0.25) is 0 Å². The molecule has 0 aliphatic heterocycles. The van der Waals surface area contributed by atoms with Gasteiger partial charge in [0, 0.05) is 19.3 Å². The topological polar surface area (TPSA) is 42.1 Å². The Balaban J connectivity index is 2.09. The summed E-state index contributed by atoms with van der Waals surface area (Å²) >= 11 is 0. The fraction of sp³-hybridized carbons (Fsp3) is 0.312. The standard InChI is InChI=1S/C16H21N3/c1-13-6-8-14(9-7-13)12-19(2)16(11-17)15-5-3-4-10-18-15/h3-10,16H,11-12,17H2,1-2H3. The van der Waals surface area contributed by atoms with E-state index in [1.165, 1.54) is 11.1 Å². The monoisotopic (exact) mass is 255 g/mol. The van der Waals surface area contributed by atoms with Gasteiger partial charge >= 0.3 is 0 Å². The molecule has 2 rings (SSSR count). The van der Waals surface area contributed by atoms with E-state index in [0.717, 1.165) is 12.2 Å². The summed E-state index contributed by atoms with van der Waals surface area (Å²) in [5.74, 6) is 0. The first kappa shape index (κ1) is 13.7. The molecule has 2 N–H and O–H groups in total. The van der Waals surface area contributed by atoms with Crippen molar-refractivity contribution < 1.29 is 0 Å². The number of pyridine rings is 1. The molecule has 1 aromatic heterocycles. The molecule has 3 heteroatoms. The smallest absolute Gasteiger partial charge is 0.0644 e. The Labute approximate surface area is 115 Å². The maximum absolute atomic E-state index is 5.90. The summed E-state index contributed by atoms with van der Waals surface area (Å²) in [5, 5.41) is 0. The normalized spacial score (nSPS) is 12.6. The van der Waals surface area contributed by atoms with Gasteiger partial charge in [0.15, 0.2) is 0 Å².